The molecule has 138 valence electrons. The van der Waals surface area contributed by atoms with Gasteiger partial charge < -0.3 is 9.72 Å². The number of ether oxygens (including phenoxy) is 1. The van der Waals surface area contributed by atoms with Gasteiger partial charge in [-0.15, -0.1) is 0 Å². The molecule has 4 aromatic heterocycles. The summed E-state index contributed by atoms with van der Waals surface area (Å²) in [4.78, 5) is 15.4. The fourth-order valence-electron chi connectivity index (χ4n) is 2.82. The summed E-state index contributed by atoms with van der Waals surface area (Å²) in [5.41, 5.74) is 2.90. The van der Waals surface area contributed by atoms with Gasteiger partial charge in [0.25, 0.3) is 0 Å². The smallest absolute Gasteiger partial charge is 0.367 e. The maximum absolute atomic E-state index is 12.9. The average Bonchev–Trinajstić information content (AvgIpc) is 3.31. The first-order chi connectivity index (χ1) is 13.0. The Morgan fingerprint density at radius 2 is 1.96 bits per heavy atom. The van der Waals surface area contributed by atoms with Crippen molar-refractivity contribution in [3.05, 3.63) is 54.9 Å². The van der Waals surface area contributed by atoms with E-state index in [1.807, 2.05) is 6.07 Å². The molecular weight excluding hydrogens is 361 g/mol. The molecule has 4 rings (SSSR count). The lowest BCUT2D eigenvalue weighted by atomic mass is 10.1. The second-order valence-electron chi connectivity index (χ2n) is 5.74. The number of rotatable bonds is 4. The van der Waals surface area contributed by atoms with Gasteiger partial charge in [-0.25, -0.2) is 19.6 Å². The number of halogens is 3. The molecule has 0 saturated carbocycles. The summed E-state index contributed by atoms with van der Waals surface area (Å²) < 4.78 is 44.8. The maximum atomic E-state index is 12.9. The fraction of sp³-hybridized carbons (Fsp3) is 0.176. The number of nitrogens with one attached hydrogen (secondary N) is 1. The molecule has 4 heterocycles. The molecule has 1 atom stereocenters. The van der Waals surface area contributed by atoms with Crippen LogP contribution in [0.3, 0.4) is 0 Å². The number of alkyl halides is 3. The van der Waals surface area contributed by atoms with Crippen LogP contribution in [-0.2, 0) is 4.74 Å². The summed E-state index contributed by atoms with van der Waals surface area (Å²) in [6, 6.07) is 4.60. The minimum absolute atomic E-state index is 0.0755. The number of imidazole rings is 1. The van der Waals surface area contributed by atoms with E-state index >= 15 is 0 Å². The Balaban J connectivity index is 1.65. The van der Waals surface area contributed by atoms with E-state index in [0.717, 1.165) is 24.4 Å². The minimum atomic E-state index is -4.51. The topological polar surface area (TPSA) is 81.5 Å². The molecule has 10 heteroatoms. The zero-order valence-electron chi connectivity index (χ0n) is 14.0. The van der Waals surface area contributed by atoms with E-state index in [9.17, 15) is 13.2 Å². The number of H-pyrrole nitrogens is 1. The summed E-state index contributed by atoms with van der Waals surface area (Å²) >= 11 is 0. The third-order valence-corrected chi connectivity index (χ3v) is 4.05. The lowest BCUT2D eigenvalue weighted by Gasteiger charge is -2.18. The number of aromatic amines is 1. The fourth-order valence-corrected chi connectivity index (χ4v) is 2.82. The molecule has 1 unspecified atom stereocenters. The van der Waals surface area contributed by atoms with Crippen LogP contribution in [0.15, 0.2) is 49.3 Å². The summed E-state index contributed by atoms with van der Waals surface area (Å²) in [7, 11) is 1.01. The zero-order chi connectivity index (χ0) is 19.0. The predicted octanol–water partition coefficient (Wildman–Crippen LogP) is 3.46. The summed E-state index contributed by atoms with van der Waals surface area (Å²) in [6.07, 6.45) is 1.18. The Labute approximate surface area is 150 Å². The lowest BCUT2D eigenvalue weighted by molar-refractivity contribution is -0.216. The van der Waals surface area contributed by atoms with E-state index in [1.165, 1.54) is 16.8 Å². The molecule has 0 bridgehead atoms. The summed E-state index contributed by atoms with van der Waals surface area (Å²) in [6.45, 7) is 0. The van der Waals surface area contributed by atoms with Crippen LogP contribution in [0.25, 0.3) is 28.1 Å². The Kier molecular flexibility index (Phi) is 4.11. The Morgan fingerprint density at radius 3 is 2.67 bits per heavy atom. The second-order valence-corrected chi connectivity index (χ2v) is 5.74. The molecule has 0 saturated heterocycles. The minimum Gasteiger partial charge on any atom is -0.367 e. The molecule has 7 nitrogen and oxygen atoms in total. The largest absolute Gasteiger partial charge is 0.418 e. The average molecular weight is 374 g/mol. The van der Waals surface area contributed by atoms with Crippen LogP contribution in [0.1, 0.15) is 11.7 Å². The van der Waals surface area contributed by atoms with E-state index in [0.29, 0.717) is 17.0 Å². The van der Waals surface area contributed by atoms with Gasteiger partial charge in [0.15, 0.2) is 17.6 Å². The van der Waals surface area contributed by atoms with Crippen LogP contribution in [0.2, 0.25) is 0 Å². The van der Waals surface area contributed by atoms with Gasteiger partial charge >= 0.3 is 6.18 Å². The third kappa shape index (κ3) is 3.14. The normalized spacial score (nSPS) is 13.2. The molecule has 0 spiro atoms. The molecule has 1 N–H and O–H groups in total. The molecule has 0 radical (unpaired) electrons. The van der Waals surface area contributed by atoms with Crippen molar-refractivity contribution in [3.63, 3.8) is 0 Å². The first kappa shape index (κ1) is 17.2. The number of pyridine rings is 2. The van der Waals surface area contributed by atoms with Gasteiger partial charge in [-0.2, -0.15) is 18.3 Å². The number of aromatic nitrogens is 6. The van der Waals surface area contributed by atoms with Crippen molar-refractivity contribution in [3.8, 4) is 16.9 Å². The Hall–Kier alpha value is -3.27. The van der Waals surface area contributed by atoms with E-state index < -0.39 is 12.3 Å². The van der Waals surface area contributed by atoms with Gasteiger partial charge in [-0.05, 0) is 12.1 Å². The van der Waals surface area contributed by atoms with E-state index in [-0.39, 0.29) is 5.56 Å². The van der Waals surface area contributed by atoms with Gasteiger partial charge in [0.1, 0.15) is 5.52 Å². The number of hydrogen-bond donors (Lipinski definition) is 1. The van der Waals surface area contributed by atoms with Crippen molar-refractivity contribution >= 4 is 11.2 Å². The number of methoxy groups -OCH3 is 1. The second kappa shape index (κ2) is 6.47. The first-order valence-corrected chi connectivity index (χ1v) is 7.86. The van der Waals surface area contributed by atoms with E-state index in [4.69, 9.17) is 0 Å². The van der Waals surface area contributed by atoms with Crippen molar-refractivity contribution in [1.82, 2.24) is 29.7 Å². The van der Waals surface area contributed by atoms with Crippen LogP contribution in [-0.4, -0.2) is 43.0 Å². The Bertz CT molecular complexity index is 1070. The maximum Gasteiger partial charge on any atom is 0.418 e. The van der Waals surface area contributed by atoms with Gasteiger partial charge in [0.05, 0.1) is 12.5 Å². The molecule has 0 fully saturated rings. The number of hydrogen-bond acceptors (Lipinski definition) is 5. The third-order valence-electron chi connectivity index (χ3n) is 4.05. The lowest BCUT2D eigenvalue weighted by Crippen LogP contribution is -2.22. The standard InChI is InChI=1S/C17H13F3N6O/c1-27-15(17(18,19)20)10-2-3-13(22-6-10)26-8-11(7-25-26)12-4-5-21-16-14(12)23-9-24-16/h2-9,15H,1H3,(H,21,23,24). The van der Waals surface area contributed by atoms with Crippen molar-refractivity contribution in [1.29, 1.82) is 0 Å². The van der Waals surface area contributed by atoms with Crippen molar-refractivity contribution < 1.29 is 17.9 Å². The predicted molar refractivity (Wildman–Crippen MR) is 90.0 cm³/mol. The molecule has 27 heavy (non-hydrogen) atoms. The SMILES string of the molecule is COC(c1ccc(-n2cc(-c3ccnc4[nH]cnc34)cn2)nc1)C(F)(F)F. The Morgan fingerprint density at radius 1 is 1.11 bits per heavy atom. The number of nitrogens with zero attached hydrogens (tertiary/aromatic N) is 5. The van der Waals surface area contributed by atoms with Gasteiger partial charge in [0.2, 0.25) is 0 Å². The highest BCUT2D eigenvalue weighted by Gasteiger charge is 2.41. The molecule has 0 aliphatic heterocycles. The molecular formula is C17H13F3N6O. The monoisotopic (exact) mass is 374 g/mol. The quantitative estimate of drug-likeness (QED) is 0.592. The van der Waals surface area contributed by atoms with Crippen LogP contribution in [0.5, 0.6) is 0 Å². The molecule has 0 aliphatic rings. The highest BCUT2D eigenvalue weighted by molar-refractivity contribution is 5.88. The van der Waals surface area contributed by atoms with Crippen molar-refractivity contribution in [2.24, 2.45) is 0 Å². The summed E-state index contributed by atoms with van der Waals surface area (Å²) in [5.74, 6) is 0.384. The molecule has 4 aromatic rings. The zero-order valence-corrected chi connectivity index (χ0v) is 14.0. The van der Waals surface area contributed by atoms with E-state index in [1.54, 1.807) is 24.9 Å². The van der Waals surface area contributed by atoms with Crippen LogP contribution < -0.4 is 0 Å². The molecule has 0 amide bonds. The summed E-state index contributed by atoms with van der Waals surface area (Å²) in [5, 5.41) is 4.24. The van der Waals surface area contributed by atoms with Crippen LogP contribution in [0, 0.1) is 0 Å². The van der Waals surface area contributed by atoms with Crippen LogP contribution in [0.4, 0.5) is 13.2 Å². The van der Waals surface area contributed by atoms with E-state index in [2.05, 4.69) is 29.8 Å². The molecule has 0 aromatic carbocycles. The van der Waals surface area contributed by atoms with Gasteiger partial charge in [-0.3, -0.25) is 0 Å². The van der Waals surface area contributed by atoms with Crippen LogP contribution >= 0.6 is 0 Å². The number of fused-ring (bicyclic) bond motifs is 1. The highest BCUT2D eigenvalue weighted by Crippen LogP contribution is 2.35. The first-order valence-electron chi connectivity index (χ1n) is 7.86. The van der Waals surface area contributed by atoms with Gasteiger partial charge in [-0.1, -0.05) is 6.07 Å². The molecule has 0 aliphatic carbocycles. The highest BCUT2D eigenvalue weighted by atomic mass is 19.4. The van der Waals surface area contributed by atoms with Gasteiger partial charge in [0, 0.05) is 42.4 Å². The van der Waals surface area contributed by atoms with Crippen molar-refractivity contribution in [2.45, 2.75) is 12.3 Å². The van der Waals surface area contributed by atoms with Crippen molar-refractivity contribution in [2.75, 3.05) is 7.11 Å².